The maximum atomic E-state index is 12.1. The quantitative estimate of drug-likeness (QED) is 0.181. The lowest BCUT2D eigenvalue weighted by molar-refractivity contribution is -0.161. The van der Waals surface area contributed by atoms with Crippen LogP contribution >= 0.6 is 0 Å². The van der Waals surface area contributed by atoms with E-state index in [0.717, 1.165) is 5.56 Å². The number of esters is 2. The van der Waals surface area contributed by atoms with Gasteiger partial charge in [-0.25, -0.2) is 0 Å². The van der Waals surface area contributed by atoms with Gasteiger partial charge in [0.05, 0.1) is 12.3 Å². The third-order valence-corrected chi connectivity index (χ3v) is 4.72. The molecule has 0 saturated heterocycles. The number of benzene rings is 1. The van der Waals surface area contributed by atoms with E-state index in [2.05, 4.69) is 11.7 Å². The predicted octanol–water partition coefficient (Wildman–Crippen LogP) is 2.76. The van der Waals surface area contributed by atoms with Crippen molar-refractivity contribution in [3.63, 3.8) is 0 Å². The van der Waals surface area contributed by atoms with E-state index >= 15 is 0 Å². The van der Waals surface area contributed by atoms with Crippen molar-refractivity contribution in [2.75, 3.05) is 13.2 Å². The predicted molar refractivity (Wildman–Crippen MR) is 103 cm³/mol. The number of aryl methyl sites for hydroxylation is 1. The van der Waals surface area contributed by atoms with Crippen LogP contribution in [0.1, 0.15) is 32.3 Å². The Bertz CT molecular complexity index is 813. The van der Waals surface area contributed by atoms with Crippen LogP contribution in [0.15, 0.2) is 47.0 Å². The molecule has 0 N–H and O–H groups in total. The summed E-state index contributed by atoms with van der Waals surface area (Å²) in [5.74, 6) is -2.59. The number of nitrogens with zero attached hydrogens (tertiary/aromatic N) is 1. The largest absolute Gasteiger partial charge is 0.465 e. The molecule has 0 bridgehead atoms. The van der Waals surface area contributed by atoms with Gasteiger partial charge in [-0.05, 0) is 45.7 Å². The maximum absolute atomic E-state index is 12.1. The minimum absolute atomic E-state index is 0.0212. The average Bonchev–Trinajstić information content (AvgIpc) is 2.65. The molecule has 0 aromatic heterocycles. The molecule has 28 heavy (non-hydrogen) atoms. The second-order valence-corrected chi connectivity index (χ2v) is 7.46. The van der Waals surface area contributed by atoms with E-state index in [9.17, 15) is 18.0 Å². The van der Waals surface area contributed by atoms with Crippen molar-refractivity contribution < 1.29 is 31.8 Å². The number of oxime groups is 1. The van der Waals surface area contributed by atoms with E-state index < -0.39 is 28.0 Å². The van der Waals surface area contributed by atoms with Crippen molar-refractivity contribution in [2.45, 2.75) is 38.5 Å². The van der Waals surface area contributed by atoms with Crippen molar-refractivity contribution in [3.05, 3.63) is 42.5 Å². The summed E-state index contributed by atoms with van der Waals surface area (Å²) in [6, 6.07) is 6.13. The Balaban J connectivity index is 2.75. The molecule has 1 rings (SSSR count). The summed E-state index contributed by atoms with van der Waals surface area (Å²) < 4.78 is 38.7. The van der Waals surface area contributed by atoms with Gasteiger partial charge in [-0.15, -0.1) is 0 Å². The molecule has 0 aliphatic heterocycles. The van der Waals surface area contributed by atoms with Crippen LogP contribution in [0.5, 0.6) is 0 Å². The second kappa shape index (κ2) is 11.2. The molecule has 0 aliphatic carbocycles. The number of hydrogen-bond acceptors (Lipinski definition) is 8. The van der Waals surface area contributed by atoms with Crippen LogP contribution in [0.4, 0.5) is 0 Å². The van der Waals surface area contributed by atoms with Crippen LogP contribution < -0.4 is 0 Å². The van der Waals surface area contributed by atoms with Gasteiger partial charge >= 0.3 is 22.1 Å². The summed E-state index contributed by atoms with van der Waals surface area (Å²) in [4.78, 5) is 24.0. The van der Waals surface area contributed by atoms with Gasteiger partial charge in [0, 0.05) is 0 Å². The number of rotatable bonds is 11. The van der Waals surface area contributed by atoms with E-state index in [1.807, 2.05) is 6.92 Å². The van der Waals surface area contributed by atoms with E-state index in [1.165, 1.54) is 25.1 Å². The van der Waals surface area contributed by atoms with Gasteiger partial charge in [-0.1, -0.05) is 35.5 Å². The number of hydrogen-bond donors (Lipinski definition) is 0. The van der Waals surface area contributed by atoms with Crippen molar-refractivity contribution in [1.82, 2.24) is 0 Å². The highest BCUT2D eigenvalue weighted by atomic mass is 32.2. The first-order valence-electron chi connectivity index (χ1n) is 8.69. The van der Waals surface area contributed by atoms with Crippen LogP contribution in [0.3, 0.4) is 0 Å². The Morgan fingerprint density at radius 1 is 1.18 bits per heavy atom. The lowest BCUT2D eigenvalue weighted by Gasteiger charge is -2.14. The molecular formula is C19H25NO7S. The van der Waals surface area contributed by atoms with Gasteiger partial charge in [-0.3, -0.25) is 13.9 Å². The minimum atomic E-state index is -4.05. The Morgan fingerprint density at radius 2 is 1.79 bits per heavy atom. The molecule has 1 atom stereocenters. The zero-order chi connectivity index (χ0) is 21.2. The fourth-order valence-electron chi connectivity index (χ4n) is 2.08. The van der Waals surface area contributed by atoms with Gasteiger partial charge < -0.3 is 9.47 Å². The summed E-state index contributed by atoms with van der Waals surface area (Å²) in [5.41, 5.74) is 1.20. The molecular weight excluding hydrogens is 386 g/mol. The van der Waals surface area contributed by atoms with Gasteiger partial charge in [0.1, 0.15) is 11.5 Å². The molecule has 0 radical (unpaired) electrons. The fourth-order valence-corrected chi connectivity index (χ4v) is 2.86. The summed E-state index contributed by atoms with van der Waals surface area (Å²) in [5, 5.41) is 3.60. The zero-order valence-corrected chi connectivity index (χ0v) is 17.0. The molecule has 0 spiro atoms. The van der Waals surface area contributed by atoms with Crippen LogP contribution in [0, 0.1) is 12.8 Å². The molecule has 0 fully saturated rings. The minimum Gasteiger partial charge on any atom is -0.465 e. The smallest absolute Gasteiger partial charge is 0.358 e. The van der Waals surface area contributed by atoms with E-state index in [1.54, 1.807) is 19.1 Å². The van der Waals surface area contributed by atoms with Crippen molar-refractivity contribution >= 4 is 27.8 Å². The Labute approximate surface area is 165 Å². The van der Waals surface area contributed by atoms with Crippen LogP contribution in [-0.2, 0) is 33.5 Å². The first-order valence-corrected chi connectivity index (χ1v) is 10.1. The second-order valence-electron chi connectivity index (χ2n) is 5.93. The molecule has 9 heteroatoms. The Kier molecular flexibility index (Phi) is 9.37. The molecule has 0 heterocycles. The van der Waals surface area contributed by atoms with Crippen LogP contribution in [0.2, 0.25) is 0 Å². The monoisotopic (exact) mass is 411 g/mol. The third-order valence-electron chi connectivity index (χ3n) is 3.59. The highest BCUT2D eigenvalue weighted by Crippen LogP contribution is 2.16. The molecule has 8 nitrogen and oxygen atoms in total. The standard InChI is InChI=1S/C19H25NO7S/c1-5-13-26-19(22)17(18(21)25-6-2)12-9-15(4)20-27-28(23,24)16-10-7-14(3)8-11-16/h5,7-8,10-11,17H,1,6,9,12-13H2,2-4H3/b20-15+. The van der Waals surface area contributed by atoms with Gasteiger partial charge in [0.2, 0.25) is 0 Å². The number of carbonyl (C=O) groups excluding carboxylic acids is 2. The van der Waals surface area contributed by atoms with Crippen molar-refractivity contribution in [3.8, 4) is 0 Å². The number of carbonyl (C=O) groups is 2. The first kappa shape index (κ1) is 23.4. The third kappa shape index (κ3) is 7.51. The lowest BCUT2D eigenvalue weighted by atomic mass is 10.0. The summed E-state index contributed by atoms with van der Waals surface area (Å²) >= 11 is 0. The van der Waals surface area contributed by atoms with Gasteiger partial charge in [-0.2, -0.15) is 8.42 Å². The molecule has 1 aromatic rings. The number of ether oxygens (including phenoxy) is 2. The van der Waals surface area contributed by atoms with Crippen molar-refractivity contribution in [2.24, 2.45) is 11.1 Å². The highest BCUT2D eigenvalue weighted by molar-refractivity contribution is 7.86. The molecule has 0 amide bonds. The lowest BCUT2D eigenvalue weighted by Crippen LogP contribution is -2.28. The fraction of sp³-hybridized carbons (Fsp3) is 0.421. The van der Waals surface area contributed by atoms with E-state index in [0.29, 0.717) is 5.71 Å². The normalized spacial score (nSPS) is 12.8. The topological polar surface area (TPSA) is 108 Å². The Morgan fingerprint density at radius 3 is 2.36 bits per heavy atom. The van der Waals surface area contributed by atoms with Crippen LogP contribution in [0.25, 0.3) is 0 Å². The van der Waals surface area contributed by atoms with E-state index in [-0.39, 0.29) is 31.0 Å². The molecule has 1 aromatic carbocycles. The average molecular weight is 411 g/mol. The summed E-state index contributed by atoms with van der Waals surface area (Å²) in [7, 11) is -4.05. The van der Waals surface area contributed by atoms with Gasteiger partial charge in [0.15, 0.2) is 5.92 Å². The SMILES string of the molecule is C=CCOC(=O)C(CC/C(C)=N/OS(=O)(=O)c1ccc(C)cc1)C(=O)OCC. The maximum Gasteiger partial charge on any atom is 0.358 e. The first-order chi connectivity index (χ1) is 13.2. The van der Waals surface area contributed by atoms with Crippen LogP contribution in [-0.4, -0.2) is 39.3 Å². The Hall–Kier alpha value is -2.68. The summed E-state index contributed by atoms with van der Waals surface area (Å²) in [6.45, 7) is 8.52. The highest BCUT2D eigenvalue weighted by Gasteiger charge is 2.29. The van der Waals surface area contributed by atoms with Crippen molar-refractivity contribution in [1.29, 1.82) is 0 Å². The molecule has 0 aliphatic rings. The molecule has 0 saturated carbocycles. The van der Waals surface area contributed by atoms with E-state index in [4.69, 9.17) is 13.8 Å². The van der Waals surface area contributed by atoms with Gasteiger partial charge in [0.25, 0.3) is 0 Å². The summed E-state index contributed by atoms with van der Waals surface area (Å²) in [6.07, 6.45) is 1.56. The molecule has 154 valence electrons. The molecule has 1 unspecified atom stereocenters. The zero-order valence-electron chi connectivity index (χ0n) is 16.2.